The molecule has 0 atom stereocenters. The molecule has 0 radical (unpaired) electrons. The second kappa shape index (κ2) is 8.50. The zero-order chi connectivity index (χ0) is 21.9. The van der Waals surface area contributed by atoms with Crippen molar-refractivity contribution >= 4 is 21.8 Å². The third-order valence-electron chi connectivity index (χ3n) is 4.42. The van der Waals surface area contributed by atoms with Gasteiger partial charge in [0.15, 0.2) is 15.5 Å². The summed E-state index contributed by atoms with van der Waals surface area (Å²) in [7, 11) is -1.57. The molecule has 2 aromatic carbocycles. The van der Waals surface area contributed by atoms with Gasteiger partial charge in [-0.05, 0) is 37.3 Å². The van der Waals surface area contributed by atoms with Gasteiger partial charge in [0.05, 0.1) is 41.8 Å². The molecule has 30 heavy (non-hydrogen) atoms. The molecule has 0 spiro atoms. The largest absolute Gasteiger partial charge is 0.465 e. The van der Waals surface area contributed by atoms with E-state index in [0.717, 1.165) is 5.56 Å². The lowest BCUT2D eigenvalue weighted by Gasteiger charge is -2.11. The first-order chi connectivity index (χ1) is 14.3. The van der Waals surface area contributed by atoms with E-state index in [9.17, 15) is 18.0 Å². The molecular weight excluding hydrogens is 408 g/mol. The molecule has 0 aliphatic carbocycles. The highest BCUT2D eigenvalue weighted by Crippen LogP contribution is 2.24. The maximum Gasteiger partial charge on any atom is 0.358 e. The molecule has 0 amide bonds. The number of aryl methyl sites for hydroxylation is 1. The summed E-state index contributed by atoms with van der Waals surface area (Å²) >= 11 is 0. The Labute approximate surface area is 174 Å². The minimum Gasteiger partial charge on any atom is -0.465 e. The van der Waals surface area contributed by atoms with Crippen LogP contribution in [-0.2, 0) is 25.1 Å². The zero-order valence-electron chi connectivity index (χ0n) is 16.7. The fourth-order valence-corrected chi connectivity index (χ4v) is 4.45. The number of nitrogens with zero attached hydrogens (tertiary/aromatic N) is 2. The van der Waals surface area contributed by atoms with Crippen molar-refractivity contribution in [2.75, 3.05) is 14.2 Å². The molecule has 0 aliphatic heterocycles. The first-order valence-corrected chi connectivity index (χ1v) is 10.6. The lowest BCUT2D eigenvalue weighted by atomic mass is 10.2. The Balaban J connectivity index is 2.10. The van der Waals surface area contributed by atoms with E-state index in [1.807, 2.05) is 19.1 Å². The molecule has 9 heteroatoms. The van der Waals surface area contributed by atoms with Crippen LogP contribution in [0.3, 0.4) is 0 Å². The smallest absolute Gasteiger partial charge is 0.358 e. The molecule has 0 saturated carbocycles. The Bertz CT molecular complexity index is 1200. The molecule has 0 N–H and O–H groups in total. The third kappa shape index (κ3) is 4.25. The van der Waals surface area contributed by atoms with Crippen molar-refractivity contribution < 1.29 is 27.5 Å². The lowest BCUT2D eigenvalue weighted by Crippen LogP contribution is -2.14. The number of benzene rings is 2. The van der Waals surface area contributed by atoms with E-state index < -0.39 is 27.5 Å². The summed E-state index contributed by atoms with van der Waals surface area (Å²) in [5, 5.41) is 4.22. The van der Waals surface area contributed by atoms with E-state index in [0.29, 0.717) is 5.69 Å². The molecule has 3 aromatic rings. The fourth-order valence-electron chi connectivity index (χ4n) is 2.93. The summed E-state index contributed by atoms with van der Waals surface area (Å²) in [5.41, 5.74) is 1.76. The average Bonchev–Trinajstić information content (AvgIpc) is 3.16. The van der Waals surface area contributed by atoms with Gasteiger partial charge in [0.25, 0.3) is 0 Å². The van der Waals surface area contributed by atoms with Crippen LogP contribution in [-0.4, -0.2) is 44.4 Å². The minimum absolute atomic E-state index is 0.0236. The predicted octanol–water partition coefficient (Wildman–Crippen LogP) is 2.73. The van der Waals surface area contributed by atoms with Crippen molar-refractivity contribution in [2.45, 2.75) is 17.6 Å². The lowest BCUT2D eigenvalue weighted by molar-refractivity contribution is 0.0586. The van der Waals surface area contributed by atoms with Gasteiger partial charge >= 0.3 is 11.9 Å². The van der Waals surface area contributed by atoms with Crippen molar-refractivity contribution in [3.8, 4) is 5.69 Å². The summed E-state index contributed by atoms with van der Waals surface area (Å²) in [6.07, 6.45) is 0. The first-order valence-electron chi connectivity index (χ1n) is 8.91. The van der Waals surface area contributed by atoms with Gasteiger partial charge in [-0.2, -0.15) is 5.10 Å². The molecule has 0 aliphatic rings. The Hall–Kier alpha value is -3.46. The topological polar surface area (TPSA) is 105 Å². The van der Waals surface area contributed by atoms with Crippen molar-refractivity contribution in [1.29, 1.82) is 0 Å². The molecule has 0 unspecified atom stereocenters. The number of rotatable bonds is 6. The third-order valence-corrected chi connectivity index (χ3v) is 6.12. The SMILES string of the molecule is COC(=O)c1cc(CS(=O)(=O)c2ccccc2C(=O)OC)n(-c2ccc(C)cc2)n1. The second-order valence-electron chi connectivity index (χ2n) is 6.51. The summed E-state index contributed by atoms with van der Waals surface area (Å²) in [5.74, 6) is -1.93. The number of hydrogen-bond donors (Lipinski definition) is 0. The van der Waals surface area contributed by atoms with Crippen LogP contribution >= 0.6 is 0 Å². The Morgan fingerprint density at radius 2 is 1.60 bits per heavy atom. The molecule has 0 bridgehead atoms. The van der Waals surface area contributed by atoms with Gasteiger partial charge in [-0.25, -0.2) is 22.7 Å². The number of esters is 2. The molecular formula is C21H20N2O6S. The minimum atomic E-state index is -3.97. The standard InChI is InChI=1S/C21H20N2O6S/c1-14-8-10-15(11-9-14)23-16(12-18(22-23)21(25)29-3)13-30(26,27)19-7-5-4-6-17(19)20(24)28-2/h4-12H,13H2,1-3H3. The number of ether oxygens (including phenoxy) is 2. The first kappa shape index (κ1) is 21.3. The van der Waals surface area contributed by atoms with Crippen molar-refractivity contribution in [1.82, 2.24) is 9.78 Å². The van der Waals surface area contributed by atoms with E-state index in [1.54, 1.807) is 18.2 Å². The van der Waals surface area contributed by atoms with E-state index in [2.05, 4.69) is 5.10 Å². The number of carbonyl (C=O) groups is 2. The fraction of sp³-hybridized carbons (Fsp3) is 0.190. The molecule has 1 aromatic heterocycles. The summed E-state index contributed by atoms with van der Waals surface area (Å²) < 4.78 is 37.1. The van der Waals surface area contributed by atoms with E-state index in [4.69, 9.17) is 9.47 Å². The number of methoxy groups -OCH3 is 2. The van der Waals surface area contributed by atoms with Crippen LogP contribution in [0.25, 0.3) is 5.69 Å². The molecule has 8 nitrogen and oxygen atoms in total. The zero-order valence-corrected chi connectivity index (χ0v) is 17.5. The van der Waals surface area contributed by atoms with Gasteiger partial charge in [-0.1, -0.05) is 29.8 Å². The van der Waals surface area contributed by atoms with Gasteiger partial charge in [0.1, 0.15) is 0 Å². The van der Waals surface area contributed by atoms with E-state index in [1.165, 1.54) is 43.2 Å². The maximum atomic E-state index is 13.2. The quantitative estimate of drug-likeness (QED) is 0.556. The predicted molar refractivity (Wildman–Crippen MR) is 108 cm³/mol. The second-order valence-corrected chi connectivity index (χ2v) is 8.46. The van der Waals surface area contributed by atoms with Crippen LogP contribution in [0.4, 0.5) is 0 Å². The highest BCUT2D eigenvalue weighted by molar-refractivity contribution is 7.90. The van der Waals surface area contributed by atoms with Crippen molar-refractivity contribution in [2.24, 2.45) is 0 Å². The van der Waals surface area contributed by atoms with Crippen LogP contribution in [0, 0.1) is 6.92 Å². The van der Waals surface area contributed by atoms with E-state index >= 15 is 0 Å². The van der Waals surface area contributed by atoms with Crippen LogP contribution < -0.4 is 0 Å². The number of carbonyl (C=O) groups excluding carboxylic acids is 2. The Morgan fingerprint density at radius 1 is 0.967 bits per heavy atom. The summed E-state index contributed by atoms with van der Waals surface area (Å²) in [4.78, 5) is 23.8. The number of hydrogen-bond acceptors (Lipinski definition) is 7. The highest BCUT2D eigenvalue weighted by atomic mass is 32.2. The highest BCUT2D eigenvalue weighted by Gasteiger charge is 2.26. The van der Waals surface area contributed by atoms with Crippen LogP contribution in [0.1, 0.15) is 32.1 Å². The van der Waals surface area contributed by atoms with Crippen LogP contribution in [0.15, 0.2) is 59.5 Å². The molecule has 0 fully saturated rings. The molecule has 1 heterocycles. The number of aromatic nitrogens is 2. The number of sulfone groups is 1. The van der Waals surface area contributed by atoms with Gasteiger partial charge in [-0.15, -0.1) is 0 Å². The van der Waals surface area contributed by atoms with Gasteiger partial charge in [0.2, 0.25) is 0 Å². The monoisotopic (exact) mass is 428 g/mol. The molecule has 0 saturated heterocycles. The summed E-state index contributed by atoms with van der Waals surface area (Å²) in [6, 6.07) is 14.4. The van der Waals surface area contributed by atoms with E-state index in [-0.39, 0.29) is 21.8 Å². The van der Waals surface area contributed by atoms with Gasteiger partial charge < -0.3 is 9.47 Å². The van der Waals surface area contributed by atoms with Crippen LogP contribution in [0.2, 0.25) is 0 Å². The Kier molecular flexibility index (Phi) is 6.02. The Morgan fingerprint density at radius 3 is 2.23 bits per heavy atom. The van der Waals surface area contributed by atoms with Gasteiger partial charge in [-0.3, -0.25) is 0 Å². The normalized spacial score (nSPS) is 11.2. The van der Waals surface area contributed by atoms with Gasteiger partial charge in [0, 0.05) is 0 Å². The average molecular weight is 428 g/mol. The van der Waals surface area contributed by atoms with Crippen molar-refractivity contribution in [3.63, 3.8) is 0 Å². The molecule has 156 valence electrons. The maximum absolute atomic E-state index is 13.2. The van der Waals surface area contributed by atoms with Crippen molar-refractivity contribution in [3.05, 3.63) is 77.1 Å². The molecule has 3 rings (SSSR count). The summed E-state index contributed by atoms with van der Waals surface area (Å²) in [6.45, 7) is 1.92. The van der Waals surface area contributed by atoms with Crippen LogP contribution in [0.5, 0.6) is 0 Å².